The van der Waals surface area contributed by atoms with E-state index in [2.05, 4.69) is 15.5 Å². The molecule has 0 aliphatic carbocycles. The number of nitrogens with one attached hydrogen (secondary N) is 2. The Morgan fingerprint density at radius 2 is 1.75 bits per heavy atom. The standard InChI is InChI=1S/C21H24FN3O3/c1-15-5-4-7-17(20(26)23-9-10-25-11-13-28-14-12-25)19(15)24-21(27)16-6-2-3-8-18(16)22/h2-8H,9-14H2,1H3,(H,23,26)(H,24,27). The Balaban J connectivity index is 1.68. The molecule has 3 rings (SSSR count). The Morgan fingerprint density at radius 1 is 1.04 bits per heavy atom. The van der Waals surface area contributed by atoms with Gasteiger partial charge in [-0.3, -0.25) is 14.5 Å². The SMILES string of the molecule is Cc1cccc(C(=O)NCCN2CCOCC2)c1NC(=O)c1ccccc1F. The predicted octanol–water partition coefficient (Wildman–Crippen LogP) is 2.45. The van der Waals surface area contributed by atoms with Crippen molar-refractivity contribution in [2.45, 2.75) is 6.92 Å². The number of para-hydroxylation sites is 1. The van der Waals surface area contributed by atoms with Crippen molar-refractivity contribution in [3.05, 3.63) is 65.0 Å². The maximum atomic E-state index is 13.9. The molecule has 2 N–H and O–H groups in total. The van der Waals surface area contributed by atoms with Crippen LogP contribution in [-0.2, 0) is 4.74 Å². The van der Waals surface area contributed by atoms with Crippen LogP contribution in [0.5, 0.6) is 0 Å². The average molecular weight is 385 g/mol. The van der Waals surface area contributed by atoms with E-state index in [0.717, 1.165) is 25.2 Å². The number of benzene rings is 2. The van der Waals surface area contributed by atoms with Crippen LogP contribution in [0.4, 0.5) is 10.1 Å². The first kappa shape index (κ1) is 20.0. The van der Waals surface area contributed by atoms with Gasteiger partial charge < -0.3 is 15.4 Å². The summed E-state index contributed by atoms with van der Waals surface area (Å²) < 4.78 is 19.2. The molecular weight excluding hydrogens is 361 g/mol. The highest BCUT2D eigenvalue weighted by molar-refractivity contribution is 6.09. The van der Waals surface area contributed by atoms with Crippen molar-refractivity contribution < 1.29 is 18.7 Å². The molecule has 0 spiro atoms. The van der Waals surface area contributed by atoms with Gasteiger partial charge in [0.1, 0.15) is 5.82 Å². The van der Waals surface area contributed by atoms with Gasteiger partial charge in [0.15, 0.2) is 0 Å². The molecule has 1 fully saturated rings. The van der Waals surface area contributed by atoms with E-state index < -0.39 is 11.7 Å². The monoisotopic (exact) mass is 385 g/mol. The van der Waals surface area contributed by atoms with Gasteiger partial charge in [-0.25, -0.2) is 4.39 Å². The van der Waals surface area contributed by atoms with Crippen LogP contribution in [0.2, 0.25) is 0 Å². The van der Waals surface area contributed by atoms with Crippen molar-refractivity contribution in [1.82, 2.24) is 10.2 Å². The van der Waals surface area contributed by atoms with Crippen LogP contribution < -0.4 is 10.6 Å². The topological polar surface area (TPSA) is 70.7 Å². The van der Waals surface area contributed by atoms with Crippen molar-refractivity contribution >= 4 is 17.5 Å². The fourth-order valence-corrected chi connectivity index (χ4v) is 3.10. The molecule has 2 amide bonds. The van der Waals surface area contributed by atoms with Crippen LogP contribution in [0.15, 0.2) is 42.5 Å². The molecule has 1 aliphatic heterocycles. The largest absolute Gasteiger partial charge is 0.379 e. The molecule has 0 bridgehead atoms. The molecular formula is C21H24FN3O3. The number of nitrogens with zero attached hydrogens (tertiary/aromatic N) is 1. The van der Waals surface area contributed by atoms with Gasteiger partial charge in [-0.2, -0.15) is 0 Å². The number of anilines is 1. The van der Waals surface area contributed by atoms with Crippen LogP contribution in [-0.4, -0.2) is 56.1 Å². The van der Waals surface area contributed by atoms with Crippen molar-refractivity contribution in [2.24, 2.45) is 0 Å². The Bertz CT molecular complexity index is 851. The molecule has 1 heterocycles. The van der Waals surface area contributed by atoms with Gasteiger partial charge in [-0.15, -0.1) is 0 Å². The molecule has 148 valence electrons. The van der Waals surface area contributed by atoms with E-state index in [1.54, 1.807) is 31.2 Å². The third kappa shape index (κ3) is 4.94. The first-order chi connectivity index (χ1) is 13.6. The third-order valence-corrected chi connectivity index (χ3v) is 4.69. The summed E-state index contributed by atoms with van der Waals surface area (Å²) in [6.45, 7) is 6.14. The average Bonchev–Trinajstić information content (AvgIpc) is 2.70. The summed E-state index contributed by atoms with van der Waals surface area (Å²) in [4.78, 5) is 27.4. The number of halogens is 1. The maximum Gasteiger partial charge on any atom is 0.258 e. The van der Waals surface area contributed by atoms with Crippen LogP contribution in [0.3, 0.4) is 0 Å². The van der Waals surface area contributed by atoms with Crippen LogP contribution in [0.25, 0.3) is 0 Å². The Morgan fingerprint density at radius 3 is 2.50 bits per heavy atom. The molecule has 6 nitrogen and oxygen atoms in total. The first-order valence-electron chi connectivity index (χ1n) is 9.30. The zero-order chi connectivity index (χ0) is 19.9. The third-order valence-electron chi connectivity index (χ3n) is 4.69. The fourth-order valence-electron chi connectivity index (χ4n) is 3.10. The Hall–Kier alpha value is -2.77. The lowest BCUT2D eigenvalue weighted by Crippen LogP contribution is -2.41. The van der Waals surface area contributed by atoms with E-state index in [4.69, 9.17) is 4.74 Å². The van der Waals surface area contributed by atoms with Gasteiger partial charge in [0.25, 0.3) is 11.8 Å². The minimum Gasteiger partial charge on any atom is -0.379 e. The molecule has 7 heteroatoms. The molecule has 0 saturated carbocycles. The first-order valence-corrected chi connectivity index (χ1v) is 9.30. The second kappa shape index (κ2) is 9.43. The van der Waals surface area contributed by atoms with Gasteiger partial charge in [0.2, 0.25) is 0 Å². The van der Waals surface area contributed by atoms with Crippen molar-refractivity contribution in [3.63, 3.8) is 0 Å². The molecule has 0 unspecified atom stereocenters. The molecule has 2 aromatic rings. The Labute approximate surface area is 163 Å². The summed E-state index contributed by atoms with van der Waals surface area (Å²) in [5.74, 6) is -1.47. The van der Waals surface area contributed by atoms with Crippen molar-refractivity contribution in [2.75, 3.05) is 44.7 Å². The molecule has 1 aliphatic rings. The number of hydrogen-bond acceptors (Lipinski definition) is 4. The van der Waals surface area contributed by atoms with Gasteiger partial charge in [-0.1, -0.05) is 24.3 Å². The number of amides is 2. The normalized spacial score (nSPS) is 14.5. The van der Waals surface area contributed by atoms with E-state index >= 15 is 0 Å². The van der Waals surface area contributed by atoms with Gasteiger partial charge in [0.05, 0.1) is 30.0 Å². The zero-order valence-electron chi connectivity index (χ0n) is 15.8. The van der Waals surface area contributed by atoms with Gasteiger partial charge in [-0.05, 0) is 30.7 Å². The summed E-state index contributed by atoms with van der Waals surface area (Å²) in [5, 5.41) is 5.58. The Kier molecular flexibility index (Phi) is 6.73. The summed E-state index contributed by atoms with van der Waals surface area (Å²) in [6, 6.07) is 10.9. The van der Waals surface area contributed by atoms with Crippen molar-refractivity contribution in [3.8, 4) is 0 Å². The number of aryl methyl sites for hydroxylation is 1. The number of carbonyl (C=O) groups excluding carboxylic acids is 2. The van der Waals surface area contributed by atoms with E-state index in [1.165, 1.54) is 18.2 Å². The van der Waals surface area contributed by atoms with E-state index in [-0.39, 0.29) is 11.5 Å². The number of ether oxygens (including phenoxy) is 1. The van der Waals surface area contributed by atoms with Crippen LogP contribution in [0.1, 0.15) is 26.3 Å². The number of carbonyl (C=O) groups is 2. The van der Waals surface area contributed by atoms with Crippen LogP contribution >= 0.6 is 0 Å². The highest BCUT2D eigenvalue weighted by Crippen LogP contribution is 2.22. The second-order valence-electron chi connectivity index (χ2n) is 6.64. The lowest BCUT2D eigenvalue weighted by Gasteiger charge is -2.26. The smallest absolute Gasteiger partial charge is 0.258 e. The lowest BCUT2D eigenvalue weighted by atomic mass is 10.1. The second-order valence-corrected chi connectivity index (χ2v) is 6.64. The summed E-state index contributed by atoms with van der Waals surface area (Å²) in [7, 11) is 0. The summed E-state index contributed by atoms with van der Waals surface area (Å²) >= 11 is 0. The maximum absolute atomic E-state index is 13.9. The summed E-state index contributed by atoms with van der Waals surface area (Å²) in [5.41, 5.74) is 1.40. The molecule has 0 atom stereocenters. The van der Waals surface area contributed by atoms with E-state index in [1.807, 2.05) is 0 Å². The quantitative estimate of drug-likeness (QED) is 0.801. The van der Waals surface area contributed by atoms with Gasteiger partial charge >= 0.3 is 0 Å². The van der Waals surface area contributed by atoms with E-state index in [9.17, 15) is 14.0 Å². The molecule has 0 radical (unpaired) electrons. The minimum absolute atomic E-state index is 0.0653. The highest BCUT2D eigenvalue weighted by Gasteiger charge is 2.18. The van der Waals surface area contributed by atoms with Gasteiger partial charge in [0, 0.05) is 26.2 Å². The molecule has 1 saturated heterocycles. The molecule has 28 heavy (non-hydrogen) atoms. The summed E-state index contributed by atoms with van der Waals surface area (Å²) in [6.07, 6.45) is 0. The predicted molar refractivity (Wildman–Crippen MR) is 105 cm³/mol. The van der Waals surface area contributed by atoms with E-state index in [0.29, 0.717) is 31.0 Å². The minimum atomic E-state index is -0.606. The number of morpholine rings is 1. The zero-order valence-corrected chi connectivity index (χ0v) is 15.8. The molecule has 0 aromatic heterocycles. The molecule has 2 aromatic carbocycles. The van der Waals surface area contributed by atoms with Crippen LogP contribution in [0, 0.1) is 12.7 Å². The van der Waals surface area contributed by atoms with Crippen molar-refractivity contribution in [1.29, 1.82) is 0 Å². The number of rotatable bonds is 6. The highest BCUT2D eigenvalue weighted by atomic mass is 19.1. The number of hydrogen-bond donors (Lipinski definition) is 2. The fraction of sp³-hybridized carbons (Fsp3) is 0.333. The lowest BCUT2D eigenvalue weighted by molar-refractivity contribution is 0.0383.